The summed E-state index contributed by atoms with van der Waals surface area (Å²) < 4.78 is 13.4. The number of carbonyl (C=O) groups excluding carboxylic acids is 1. The van der Waals surface area contributed by atoms with Crippen LogP contribution in [0.3, 0.4) is 0 Å². The van der Waals surface area contributed by atoms with Gasteiger partial charge in [-0.3, -0.25) is 4.79 Å². The van der Waals surface area contributed by atoms with Crippen molar-refractivity contribution in [3.63, 3.8) is 0 Å². The van der Waals surface area contributed by atoms with Gasteiger partial charge in [0.15, 0.2) is 11.6 Å². The van der Waals surface area contributed by atoms with Crippen molar-refractivity contribution in [2.24, 2.45) is 0 Å². The molecule has 1 aromatic rings. The van der Waals surface area contributed by atoms with E-state index in [-0.39, 0.29) is 24.2 Å². The number of rotatable bonds is 4. The third kappa shape index (κ3) is 2.78. The second-order valence-corrected chi connectivity index (χ2v) is 3.09. The van der Waals surface area contributed by atoms with E-state index in [9.17, 15) is 9.18 Å². The molecule has 1 rings (SSSR count). The minimum absolute atomic E-state index is 0.0215. The molecule has 0 aliphatic heterocycles. The van der Waals surface area contributed by atoms with Gasteiger partial charge in [-0.25, -0.2) is 9.37 Å². The summed E-state index contributed by atoms with van der Waals surface area (Å²) in [5.41, 5.74) is 5.37. The Hall–Kier alpha value is -1.92. The highest BCUT2D eigenvalue weighted by atomic mass is 19.1. The van der Waals surface area contributed by atoms with Gasteiger partial charge in [-0.05, 0) is 6.92 Å². The zero-order valence-corrected chi connectivity index (χ0v) is 9.20. The molecule has 6 nitrogen and oxygen atoms in total. The lowest BCUT2D eigenvalue weighted by Crippen LogP contribution is -2.36. The van der Waals surface area contributed by atoms with Crippen molar-refractivity contribution in [3.05, 3.63) is 12.0 Å². The van der Waals surface area contributed by atoms with Crippen LogP contribution in [0.15, 0.2) is 6.20 Å². The lowest BCUT2D eigenvalue weighted by atomic mass is 10.4. The number of carbonyl (C=O) groups is 1. The monoisotopic (exact) mass is 227 g/mol. The van der Waals surface area contributed by atoms with Gasteiger partial charge in [-0.1, -0.05) is 0 Å². The summed E-state index contributed by atoms with van der Waals surface area (Å²) in [6.07, 6.45) is 0.990. The van der Waals surface area contributed by atoms with E-state index < -0.39 is 5.82 Å². The number of nitrogen functional groups attached to an aromatic ring is 1. The highest BCUT2D eigenvalue weighted by Gasteiger charge is 2.15. The lowest BCUT2D eigenvalue weighted by molar-refractivity contribution is -0.119. The molecule has 0 bridgehead atoms. The summed E-state index contributed by atoms with van der Waals surface area (Å²) in [7, 11) is 1.51. The van der Waals surface area contributed by atoms with E-state index in [1.165, 1.54) is 11.9 Å². The maximum absolute atomic E-state index is 13.4. The van der Waals surface area contributed by atoms with Gasteiger partial charge in [0.2, 0.25) is 11.9 Å². The first-order valence-corrected chi connectivity index (χ1v) is 4.82. The molecule has 1 heterocycles. The van der Waals surface area contributed by atoms with E-state index in [0.29, 0.717) is 6.54 Å². The Morgan fingerprint density at radius 3 is 2.94 bits per heavy atom. The summed E-state index contributed by atoms with van der Waals surface area (Å²) in [6, 6.07) is 0. The lowest BCUT2D eigenvalue weighted by Gasteiger charge is -2.21. The van der Waals surface area contributed by atoms with E-state index in [1.807, 2.05) is 0 Å². The van der Waals surface area contributed by atoms with Crippen LogP contribution in [-0.4, -0.2) is 36.0 Å². The Labute approximate surface area is 92.7 Å². The van der Waals surface area contributed by atoms with Crippen LogP contribution in [0.2, 0.25) is 0 Å². The van der Waals surface area contributed by atoms with Gasteiger partial charge in [0.1, 0.15) is 0 Å². The molecule has 0 aliphatic carbocycles. The Morgan fingerprint density at radius 1 is 1.69 bits per heavy atom. The van der Waals surface area contributed by atoms with Crippen molar-refractivity contribution >= 4 is 17.7 Å². The van der Waals surface area contributed by atoms with Crippen molar-refractivity contribution < 1.29 is 9.18 Å². The molecule has 3 N–H and O–H groups in total. The zero-order valence-electron chi connectivity index (χ0n) is 9.20. The number of halogens is 1. The van der Waals surface area contributed by atoms with Gasteiger partial charge >= 0.3 is 0 Å². The maximum Gasteiger partial charge on any atom is 0.239 e. The molecular weight excluding hydrogens is 213 g/mol. The normalized spacial score (nSPS) is 9.94. The first kappa shape index (κ1) is 12.2. The molecule has 0 saturated carbocycles. The number of aromatic nitrogens is 2. The largest absolute Gasteiger partial charge is 0.368 e. The molecule has 1 aromatic heterocycles. The third-order valence-corrected chi connectivity index (χ3v) is 2.04. The van der Waals surface area contributed by atoms with Gasteiger partial charge in [0.25, 0.3) is 0 Å². The highest BCUT2D eigenvalue weighted by Crippen LogP contribution is 2.15. The van der Waals surface area contributed by atoms with Crippen molar-refractivity contribution in [2.45, 2.75) is 6.92 Å². The summed E-state index contributed by atoms with van der Waals surface area (Å²) in [5, 5.41) is 2.46. The number of amides is 1. The fourth-order valence-corrected chi connectivity index (χ4v) is 1.18. The van der Waals surface area contributed by atoms with E-state index in [0.717, 1.165) is 6.20 Å². The average molecular weight is 227 g/mol. The van der Waals surface area contributed by atoms with Crippen LogP contribution >= 0.6 is 0 Å². The van der Waals surface area contributed by atoms with Crippen LogP contribution in [0, 0.1) is 5.82 Å². The van der Waals surface area contributed by atoms with Gasteiger partial charge in [-0.15, -0.1) is 0 Å². The molecule has 0 fully saturated rings. The molecule has 0 atom stereocenters. The molecule has 0 saturated heterocycles. The van der Waals surface area contributed by atoms with Crippen LogP contribution in [-0.2, 0) is 4.79 Å². The molecule has 0 aliphatic rings. The fourth-order valence-electron chi connectivity index (χ4n) is 1.18. The number of likely N-dealkylation sites (N-methyl/N-ethyl adjacent to an activating group) is 2. The van der Waals surface area contributed by atoms with E-state index in [4.69, 9.17) is 5.73 Å². The standard InChI is InChI=1S/C9H14FN5O/c1-3-15(5-7(16)12-2)8-6(10)4-13-9(11)14-8/h4H,3,5H2,1-2H3,(H,12,16)(H2,11,13,14). The van der Waals surface area contributed by atoms with Crippen LogP contribution in [0.1, 0.15) is 6.92 Å². The number of nitrogens with zero attached hydrogens (tertiary/aromatic N) is 3. The Balaban J connectivity index is 2.94. The average Bonchev–Trinajstić information content (AvgIpc) is 2.29. The van der Waals surface area contributed by atoms with Gasteiger partial charge < -0.3 is 16.0 Å². The van der Waals surface area contributed by atoms with Crippen LogP contribution < -0.4 is 16.0 Å². The number of hydrogen-bond acceptors (Lipinski definition) is 5. The predicted molar refractivity (Wildman–Crippen MR) is 58.4 cm³/mol. The van der Waals surface area contributed by atoms with Crippen LogP contribution in [0.4, 0.5) is 16.2 Å². The molecule has 88 valence electrons. The van der Waals surface area contributed by atoms with Crippen molar-refractivity contribution in [1.29, 1.82) is 0 Å². The number of hydrogen-bond donors (Lipinski definition) is 2. The van der Waals surface area contributed by atoms with Crippen LogP contribution in [0.5, 0.6) is 0 Å². The van der Waals surface area contributed by atoms with Gasteiger partial charge in [0.05, 0.1) is 12.7 Å². The molecule has 0 radical (unpaired) electrons. The second-order valence-electron chi connectivity index (χ2n) is 3.09. The Bertz CT molecular complexity index is 384. The topological polar surface area (TPSA) is 84.1 Å². The maximum atomic E-state index is 13.4. The fraction of sp³-hybridized carbons (Fsp3) is 0.444. The third-order valence-electron chi connectivity index (χ3n) is 2.04. The van der Waals surface area contributed by atoms with Crippen molar-refractivity contribution in [1.82, 2.24) is 15.3 Å². The molecule has 7 heteroatoms. The molecule has 16 heavy (non-hydrogen) atoms. The molecule has 0 unspecified atom stereocenters. The van der Waals surface area contributed by atoms with Crippen LogP contribution in [0.25, 0.3) is 0 Å². The summed E-state index contributed by atoms with van der Waals surface area (Å²) in [4.78, 5) is 20.0. The zero-order chi connectivity index (χ0) is 12.1. The molecule has 1 amide bonds. The quantitative estimate of drug-likeness (QED) is 0.742. The van der Waals surface area contributed by atoms with Crippen molar-refractivity contribution in [2.75, 3.05) is 30.8 Å². The van der Waals surface area contributed by atoms with Gasteiger partial charge in [0, 0.05) is 13.6 Å². The Kier molecular flexibility index (Phi) is 3.98. The molecular formula is C9H14FN5O. The van der Waals surface area contributed by atoms with Gasteiger partial charge in [-0.2, -0.15) is 4.98 Å². The second kappa shape index (κ2) is 5.24. The molecule has 0 aromatic carbocycles. The Morgan fingerprint density at radius 2 is 2.38 bits per heavy atom. The number of nitrogens with one attached hydrogen (secondary N) is 1. The predicted octanol–water partition coefficient (Wildman–Crippen LogP) is -0.230. The SMILES string of the molecule is CCN(CC(=O)NC)c1nc(N)ncc1F. The summed E-state index contributed by atoms with van der Waals surface area (Å²) in [6.45, 7) is 2.27. The van der Waals surface area contributed by atoms with E-state index in [1.54, 1.807) is 6.92 Å². The number of nitrogens with two attached hydrogens (primary N) is 1. The van der Waals surface area contributed by atoms with E-state index >= 15 is 0 Å². The van der Waals surface area contributed by atoms with Crippen molar-refractivity contribution in [3.8, 4) is 0 Å². The molecule has 0 spiro atoms. The summed E-state index contributed by atoms with van der Waals surface area (Å²) >= 11 is 0. The minimum Gasteiger partial charge on any atom is -0.368 e. The first-order valence-electron chi connectivity index (χ1n) is 4.82. The first-order chi connectivity index (χ1) is 7.58. The smallest absolute Gasteiger partial charge is 0.239 e. The highest BCUT2D eigenvalue weighted by molar-refractivity contribution is 5.80. The summed E-state index contributed by atoms with van der Waals surface area (Å²) in [5.74, 6) is -0.802. The number of anilines is 2. The van der Waals surface area contributed by atoms with E-state index in [2.05, 4.69) is 15.3 Å². The minimum atomic E-state index is -0.597.